The zero-order valence-corrected chi connectivity index (χ0v) is 15.8. The quantitative estimate of drug-likeness (QED) is 0.693. The molecule has 0 atom stereocenters. The predicted octanol–water partition coefficient (Wildman–Crippen LogP) is 1.21. The van der Waals surface area contributed by atoms with Crippen LogP contribution in [0.2, 0.25) is 0 Å². The van der Waals surface area contributed by atoms with Crippen LogP contribution in [0.15, 0.2) is 42.7 Å². The van der Waals surface area contributed by atoms with Gasteiger partial charge in [-0.3, -0.25) is 19.5 Å². The number of nitrogens with one attached hydrogen (secondary N) is 2. The molecule has 29 heavy (non-hydrogen) atoms. The number of hydrogen-bond acceptors (Lipinski definition) is 6. The molecule has 2 N–H and O–H groups in total. The molecule has 0 radical (unpaired) electrons. The minimum Gasteiger partial charge on any atom is -0.335 e. The van der Waals surface area contributed by atoms with Gasteiger partial charge in [-0.15, -0.1) is 10.2 Å². The third-order valence-electron chi connectivity index (χ3n) is 5.63. The average Bonchev–Trinajstić information content (AvgIpc) is 3.13. The number of anilines is 1. The fourth-order valence-corrected chi connectivity index (χ4v) is 4.15. The summed E-state index contributed by atoms with van der Waals surface area (Å²) in [4.78, 5) is 39.0. The van der Waals surface area contributed by atoms with Crippen molar-refractivity contribution in [1.82, 2.24) is 30.5 Å². The van der Waals surface area contributed by atoms with E-state index in [9.17, 15) is 9.59 Å². The summed E-state index contributed by atoms with van der Waals surface area (Å²) in [6, 6.07) is 9.80. The number of nitrogens with zero attached hydrogens (tertiary/aromatic N) is 5. The predicted molar refractivity (Wildman–Crippen MR) is 103 cm³/mol. The van der Waals surface area contributed by atoms with E-state index in [2.05, 4.69) is 30.5 Å². The number of carbonyl (C=O) groups excluding carboxylic acids is 2. The molecule has 2 aromatic heterocycles. The van der Waals surface area contributed by atoms with E-state index in [1.807, 2.05) is 30.3 Å². The summed E-state index contributed by atoms with van der Waals surface area (Å²) in [6.07, 6.45) is 4.74. The van der Waals surface area contributed by atoms with Crippen LogP contribution in [0.1, 0.15) is 46.5 Å². The topological polar surface area (TPSA) is 117 Å². The number of hydrogen-bond donors (Lipinski definition) is 2. The first kappa shape index (κ1) is 17.5. The molecular weight excluding hydrogens is 370 g/mol. The SMILES string of the molecule is CN1c2nccnc2[C@H]2C[C@@](NC(=O)c3nnc(Cc4ccccc4)[nH]3)(C2)C1=O. The van der Waals surface area contributed by atoms with E-state index < -0.39 is 11.4 Å². The maximum absolute atomic E-state index is 13.1. The molecule has 1 saturated carbocycles. The van der Waals surface area contributed by atoms with Crippen molar-refractivity contribution in [2.75, 3.05) is 11.9 Å². The number of likely N-dealkylation sites (N-methyl/N-ethyl adjacent to an activating group) is 1. The molecule has 2 aliphatic heterocycles. The Morgan fingerprint density at radius 2 is 1.97 bits per heavy atom. The molecule has 3 aliphatic rings. The van der Waals surface area contributed by atoms with Crippen molar-refractivity contribution >= 4 is 17.6 Å². The Kier molecular flexibility index (Phi) is 3.90. The van der Waals surface area contributed by atoms with Crippen LogP contribution in [0.3, 0.4) is 0 Å². The zero-order chi connectivity index (χ0) is 20.0. The second-order valence-electron chi connectivity index (χ2n) is 7.55. The van der Waals surface area contributed by atoms with Gasteiger partial charge in [0.25, 0.3) is 11.8 Å². The van der Waals surface area contributed by atoms with Crippen LogP contribution in [0.25, 0.3) is 0 Å². The molecule has 4 heterocycles. The number of aromatic nitrogens is 5. The molecule has 0 spiro atoms. The summed E-state index contributed by atoms with van der Waals surface area (Å²) < 4.78 is 0. The number of fused-ring (bicyclic) bond motifs is 1. The summed E-state index contributed by atoms with van der Waals surface area (Å²) >= 11 is 0. The average molecular weight is 389 g/mol. The lowest BCUT2D eigenvalue weighted by atomic mass is 9.67. The number of aromatic amines is 1. The van der Waals surface area contributed by atoms with Gasteiger partial charge < -0.3 is 10.3 Å². The van der Waals surface area contributed by atoms with Crippen molar-refractivity contribution in [2.45, 2.75) is 30.7 Å². The van der Waals surface area contributed by atoms with Gasteiger partial charge in [0.15, 0.2) is 5.82 Å². The van der Waals surface area contributed by atoms with Crippen LogP contribution in [-0.2, 0) is 11.2 Å². The van der Waals surface area contributed by atoms with Crippen molar-refractivity contribution in [3.63, 3.8) is 0 Å². The van der Waals surface area contributed by atoms with Crippen LogP contribution >= 0.6 is 0 Å². The number of benzene rings is 1. The molecule has 1 fully saturated rings. The first-order chi connectivity index (χ1) is 14.1. The van der Waals surface area contributed by atoms with Crippen molar-refractivity contribution in [1.29, 1.82) is 0 Å². The van der Waals surface area contributed by atoms with Gasteiger partial charge in [-0.25, -0.2) is 4.98 Å². The maximum atomic E-state index is 13.1. The highest BCUT2D eigenvalue weighted by molar-refractivity contribution is 6.05. The number of amides is 2. The van der Waals surface area contributed by atoms with Crippen LogP contribution < -0.4 is 10.2 Å². The van der Waals surface area contributed by atoms with Gasteiger partial charge in [-0.2, -0.15) is 0 Å². The van der Waals surface area contributed by atoms with Crippen molar-refractivity contribution in [2.24, 2.45) is 0 Å². The monoisotopic (exact) mass is 389 g/mol. The summed E-state index contributed by atoms with van der Waals surface area (Å²) in [5.41, 5.74) is 0.899. The van der Waals surface area contributed by atoms with Gasteiger partial charge in [0, 0.05) is 31.8 Å². The van der Waals surface area contributed by atoms with Crippen LogP contribution in [0.5, 0.6) is 0 Å². The van der Waals surface area contributed by atoms with Crippen LogP contribution in [-0.4, -0.2) is 49.6 Å². The molecule has 6 rings (SSSR count). The third kappa shape index (κ3) is 2.86. The Hall–Kier alpha value is -3.62. The van der Waals surface area contributed by atoms with Gasteiger partial charge in [0.1, 0.15) is 11.4 Å². The number of rotatable bonds is 4. The largest absolute Gasteiger partial charge is 0.335 e. The minimum absolute atomic E-state index is 0.0938. The van der Waals surface area contributed by atoms with Crippen molar-refractivity contribution < 1.29 is 9.59 Å². The van der Waals surface area contributed by atoms with Crippen molar-refractivity contribution in [3.8, 4) is 0 Å². The fraction of sp³-hybridized carbons (Fsp3) is 0.300. The molecule has 2 bridgehead atoms. The second kappa shape index (κ2) is 6.47. The van der Waals surface area contributed by atoms with Gasteiger partial charge in [-0.1, -0.05) is 30.3 Å². The highest BCUT2D eigenvalue weighted by Crippen LogP contribution is 2.50. The normalized spacial score (nSPS) is 22.4. The smallest absolute Gasteiger partial charge is 0.289 e. The maximum Gasteiger partial charge on any atom is 0.289 e. The summed E-state index contributed by atoms with van der Waals surface area (Å²) in [6.45, 7) is 0. The molecule has 2 amide bonds. The number of H-pyrrole nitrogens is 1. The lowest BCUT2D eigenvalue weighted by molar-refractivity contribution is -0.127. The molecule has 0 saturated heterocycles. The lowest BCUT2D eigenvalue weighted by Crippen LogP contribution is -2.64. The molecule has 1 aromatic carbocycles. The summed E-state index contributed by atoms with van der Waals surface area (Å²) in [7, 11) is 1.66. The van der Waals surface area contributed by atoms with E-state index in [-0.39, 0.29) is 17.6 Å². The minimum atomic E-state index is -0.967. The molecule has 0 unspecified atom stereocenters. The summed E-state index contributed by atoms with van der Waals surface area (Å²) in [5, 5.41) is 10.9. The molecule has 1 aliphatic carbocycles. The van der Waals surface area contributed by atoms with E-state index >= 15 is 0 Å². The second-order valence-corrected chi connectivity index (χ2v) is 7.55. The Morgan fingerprint density at radius 1 is 1.21 bits per heavy atom. The number of carbonyl (C=O) groups is 2. The van der Waals surface area contributed by atoms with Gasteiger partial charge in [-0.05, 0) is 18.4 Å². The van der Waals surface area contributed by atoms with E-state index in [4.69, 9.17) is 0 Å². The Labute approximate surface area is 166 Å². The zero-order valence-electron chi connectivity index (χ0n) is 15.8. The first-order valence-corrected chi connectivity index (χ1v) is 9.43. The third-order valence-corrected chi connectivity index (χ3v) is 5.63. The standard InChI is InChI=1S/C20H19N7O2/c1-27-17-15(21-7-8-22-17)13-10-20(11-13,19(27)29)24-18(28)16-23-14(25-26-16)9-12-5-3-2-4-6-12/h2-8,13H,9-11H2,1H3,(H,24,28)(H,23,25,26)/t13-,20+. The molecule has 9 nitrogen and oxygen atoms in total. The molecule has 9 heteroatoms. The van der Waals surface area contributed by atoms with Crippen LogP contribution in [0, 0.1) is 0 Å². The molecule has 146 valence electrons. The van der Waals surface area contributed by atoms with Gasteiger partial charge in [0.2, 0.25) is 5.82 Å². The van der Waals surface area contributed by atoms with E-state index in [1.54, 1.807) is 19.4 Å². The fourth-order valence-electron chi connectivity index (χ4n) is 4.15. The van der Waals surface area contributed by atoms with Gasteiger partial charge in [0.05, 0.1) is 5.69 Å². The van der Waals surface area contributed by atoms with Crippen LogP contribution in [0.4, 0.5) is 5.82 Å². The Morgan fingerprint density at radius 3 is 2.76 bits per heavy atom. The molecular formula is C20H19N7O2. The Bertz CT molecular complexity index is 1090. The van der Waals surface area contributed by atoms with E-state index in [0.717, 1.165) is 11.3 Å². The van der Waals surface area contributed by atoms with Crippen molar-refractivity contribution in [3.05, 3.63) is 65.6 Å². The highest BCUT2D eigenvalue weighted by Gasteiger charge is 2.57. The van der Waals surface area contributed by atoms with E-state index in [1.165, 1.54) is 4.90 Å². The first-order valence-electron chi connectivity index (χ1n) is 9.43. The molecule has 3 aromatic rings. The highest BCUT2D eigenvalue weighted by atomic mass is 16.2. The summed E-state index contributed by atoms with van der Waals surface area (Å²) in [5.74, 6) is 0.712. The van der Waals surface area contributed by atoms with E-state index in [0.29, 0.717) is 30.9 Å². The Balaban J connectivity index is 1.34. The van der Waals surface area contributed by atoms with Gasteiger partial charge >= 0.3 is 0 Å². The lowest BCUT2D eigenvalue weighted by Gasteiger charge is -2.44.